The summed E-state index contributed by atoms with van der Waals surface area (Å²) in [6, 6.07) is 14.0. The van der Waals surface area contributed by atoms with E-state index in [1.54, 1.807) is 30.3 Å². The molecule has 0 aliphatic heterocycles. The molecule has 0 unspecified atom stereocenters. The summed E-state index contributed by atoms with van der Waals surface area (Å²) in [5.74, 6) is 0.527. The molecule has 3 heteroatoms. The number of aromatic hydroxyl groups is 1. The van der Waals surface area contributed by atoms with E-state index in [1.165, 1.54) is 12.1 Å². The van der Waals surface area contributed by atoms with Crippen LogP contribution >= 0.6 is 0 Å². The van der Waals surface area contributed by atoms with Crippen LogP contribution in [0.1, 0.15) is 22.3 Å². The first-order valence-electron chi connectivity index (χ1n) is 5.98. The fourth-order valence-corrected chi connectivity index (χ4v) is 1.65. The van der Waals surface area contributed by atoms with Gasteiger partial charge in [0.05, 0.1) is 6.61 Å². The number of hydrogen-bond acceptors (Lipinski definition) is 3. The van der Waals surface area contributed by atoms with Gasteiger partial charge in [0.2, 0.25) is 0 Å². The number of phenolic OH excluding ortho intramolecular Hbond substituents is 1. The van der Waals surface area contributed by atoms with Gasteiger partial charge in [-0.3, -0.25) is 4.79 Å². The lowest BCUT2D eigenvalue weighted by Gasteiger charge is -2.05. The van der Waals surface area contributed by atoms with Gasteiger partial charge < -0.3 is 9.84 Å². The lowest BCUT2D eigenvalue weighted by molar-refractivity contribution is 0.103. The zero-order chi connectivity index (χ0) is 13.7. The highest BCUT2D eigenvalue weighted by Crippen LogP contribution is 2.17. The van der Waals surface area contributed by atoms with E-state index in [4.69, 9.17) is 4.74 Å². The lowest BCUT2D eigenvalue weighted by Crippen LogP contribution is -2.01. The van der Waals surface area contributed by atoms with E-state index in [0.717, 1.165) is 0 Å². The van der Waals surface area contributed by atoms with E-state index in [-0.39, 0.29) is 11.5 Å². The monoisotopic (exact) mass is 254 g/mol. The van der Waals surface area contributed by atoms with Crippen LogP contribution in [0.15, 0.2) is 42.5 Å². The van der Waals surface area contributed by atoms with Crippen molar-refractivity contribution in [3.63, 3.8) is 0 Å². The topological polar surface area (TPSA) is 46.5 Å². The van der Waals surface area contributed by atoms with Crippen molar-refractivity contribution in [2.24, 2.45) is 0 Å². The smallest absolute Gasteiger partial charge is 0.193 e. The second kappa shape index (κ2) is 6.05. The number of rotatable bonds is 5. The molecule has 0 aromatic heterocycles. The number of ketones is 1. The maximum atomic E-state index is 12.1. The Morgan fingerprint density at radius 2 is 1.95 bits per heavy atom. The van der Waals surface area contributed by atoms with E-state index in [2.05, 4.69) is 13.0 Å². The summed E-state index contributed by atoms with van der Waals surface area (Å²) in [6.45, 7) is 4.24. The molecule has 1 N–H and O–H groups in total. The van der Waals surface area contributed by atoms with Crippen LogP contribution in [0.25, 0.3) is 0 Å². The van der Waals surface area contributed by atoms with Crippen LogP contribution in [0.4, 0.5) is 0 Å². The molecule has 2 radical (unpaired) electrons. The minimum atomic E-state index is -0.145. The minimum absolute atomic E-state index is 0.0405. The summed E-state index contributed by atoms with van der Waals surface area (Å²) in [6.07, 6.45) is 0.695. The maximum absolute atomic E-state index is 12.1. The zero-order valence-electron chi connectivity index (χ0n) is 10.4. The largest absolute Gasteiger partial charge is 0.507 e. The Kier molecular flexibility index (Phi) is 4.18. The lowest BCUT2D eigenvalue weighted by atomic mass is 10.0. The van der Waals surface area contributed by atoms with Crippen LogP contribution < -0.4 is 4.74 Å². The molecule has 0 spiro atoms. The van der Waals surface area contributed by atoms with E-state index in [1.807, 2.05) is 0 Å². The highest BCUT2D eigenvalue weighted by Gasteiger charge is 2.09. The molecule has 0 aliphatic rings. The standard InChI is InChI=1S/C16H14O3/c1-2-10-19-15-8-6-12(7-9-15)16(18)13-4-3-5-14(17)11-13/h3-4,6-9,11,17H,1-2,10H2. The average Bonchev–Trinajstić information content (AvgIpc) is 2.45. The van der Waals surface area contributed by atoms with Gasteiger partial charge in [-0.05, 0) is 49.7 Å². The van der Waals surface area contributed by atoms with E-state index in [0.29, 0.717) is 29.9 Å². The molecule has 0 bridgehead atoms. The van der Waals surface area contributed by atoms with Crippen molar-refractivity contribution in [1.82, 2.24) is 0 Å². The third-order valence-electron chi connectivity index (χ3n) is 2.58. The summed E-state index contributed by atoms with van der Waals surface area (Å²) in [5, 5.41) is 9.32. The predicted molar refractivity (Wildman–Crippen MR) is 72.3 cm³/mol. The number of ether oxygens (including phenoxy) is 1. The fraction of sp³-hybridized carbons (Fsp3) is 0.125. The highest BCUT2D eigenvalue weighted by molar-refractivity contribution is 6.09. The molecule has 0 heterocycles. The van der Waals surface area contributed by atoms with Crippen molar-refractivity contribution in [3.05, 3.63) is 66.6 Å². The normalized spacial score (nSPS) is 10.2. The molecular weight excluding hydrogens is 240 g/mol. The average molecular weight is 254 g/mol. The van der Waals surface area contributed by atoms with Crippen molar-refractivity contribution < 1.29 is 14.6 Å². The fourth-order valence-electron chi connectivity index (χ4n) is 1.65. The molecule has 19 heavy (non-hydrogen) atoms. The van der Waals surface area contributed by atoms with Crippen molar-refractivity contribution >= 4 is 5.78 Å². The van der Waals surface area contributed by atoms with E-state index >= 15 is 0 Å². The Hall–Kier alpha value is -2.29. The molecule has 2 aromatic carbocycles. The van der Waals surface area contributed by atoms with Crippen molar-refractivity contribution in [3.8, 4) is 11.5 Å². The quantitative estimate of drug-likeness (QED) is 0.834. The number of carbonyl (C=O) groups excluding carboxylic acids is 1. The second-order valence-corrected chi connectivity index (χ2v) is 4.02. The first-order valence-corrected chi connectivity index (χ1v) is 5.98. The Balaban J connectivity index is 2.15. The molecule has 96 valence electrons. The van der Waals surface area contributed by atoms with Gasteiger partial charge in [-0.25, -0.2) is 0 Å². The first-order chi connectivity index (χ1) is 9.20. The van der Waals surface area contributed by atoms with Gasteiger partial charge in [0.1, 0.15) is 11.5 Å². The number of hydrogen-bond donors (Lipinski definition) is 1. The van der Waals surface area contributed by atoms with E-state index in [9.17, 15) is 9.90 Å². The first kappa shape index (κ1) is 13.1. The van der Waals surface area contributed by atoms with Gasteiger partial charge >= 0.3 is 0 Å². The molecular formula is C16H14O3. The van der Waals surface area contributed by atoms with Gasteiger partial charge in [0.15, 0.2) is 5.78 Å². The molecule has 0 amide bonds. The van der Waals surface area contributed by atoms with Crippen LogP contribution in [0.2, 0.25) is 0 Å². The molecule has 0 fully saturated rings. The molecule has 2 aromatic rings. The predicted octanol–water partition coefficient (Wildman–Crippen LogP) is 3.03. The van der Waals surface area contributed by atoms with Gasteiger partial charge in [0.25, 0.3) is 0 Å². The molecule has 0 saturated heterocycles. The van der Waals surface area contributed by atoms with Crippen LogP contribution in [-0.2, 0) is 0 Å². The van der Waals surface area contributed by atoms with E-state index < -0.39 is 0 Å². The van der Waals surface area contributed by atoms with Crippen molar-refractivity contribution in [1.29, 1.82) is 0 Å². The molecule has 0 aliphatic carbocycles. The number of carbonyl (C=O) groups is 1. The highest BCUT2D eigenvalue weighted by atomic mass is 16.5. The summed E-state index contributed by atoms with van der Waals surface area (Å²) in [7, 11) is 0. The number of benzene rings is 2. The Morgan fingerprint density at radius 1 is 1.21 bits per heavy atom. The maximum Gasteiger partial charge on any atom is 0.193 e. The summed E-state index contributed by atoms with van der Waals surface area (Å²) < 4.78 is 5.40. The summed E-state index contributed by atoms with van der Waals surface area (Å²) in [5.41, 5.74) is 0.982. The summed E-state index contributed by atoms with van der Waals surface area (Å²) >= 11 is 0. The molecule has 0 saturated carbocycles. The number of phenols is 1. The molecule has 0 atom stereocenters. The van der Waals surface area contributed by atoms with Crippen LogP contribution in [0, 0.1) is 13.0 Å². The van der Waals surface area contributed by atoms with Crippen LogP contribution in [-0.4, -0.2) is 17.5 Å². The van der Waals surface area contributed by atoms with Gasteiger partial charge in [-0.2, -0.15) is 0 Å². The third kappa shape index (κ3) is 3.35. The Bertz CT molecular complexity index is 558. The Morgan fingerprint density at radius 3 is 2.58 bits per heavy atom. The van der Waals surface area contributed by atoms with Crippen molar-refractivity contribution in [2.45, 2.75) is 6.42 Å². The van der Waals surface area contributed by atoms with Crippen molar-refractivity contribution in [2.75, 3.05) is 6.61 Å². The van der Waals surface area contributed by atoms with Gasteiger partial charge in [-0.1, -0.05) is 6.07 Å². The SMILES string of the molecule is [CH2]CCOc1ccc(C(=O)c2cc[c]c(O)c2)cc1. The zero-order valence-corrected chi connectivity index (χ0v) is 10.4. The summed E-state index contributed by atoms with van der Waals surface area (Å²) in [4.78, 5) is 12.1. The van der Waals surface area contributed by atoms with Crippen LogP contribution in [0.3, 0.4) is 0 Å². The third-order valence-corrected chi connectivity index (χ3v) is 2.58. The van der Waals surface area contributed by atoms with Crippen LogP contribution in [0.5, 0.6) is 11.5 Å². The Labute approximate surface area is 112 Å². The second-order valence-electron chi connectivity index (χ2n) is 4.02. The van der Waals surface area contributed by atoms with Gasteiger partial charge in [0, 0.05) is 17.2 Å². The minimum Gasteiger partial charge on any atom is -0.507 e. The molecule has 3 nitrogen and oxygen atoms in total. The van der Waals surface area contributed by atoms with Gasteiger partial charge in [-0.15, -0.1) is 0 Å². The molecule has 2 rings (SSSR count).